The van der Waals surface area contributed by atoms with Crippen molar-refractivity contribution in [3.8, 4) is 34.3 Å². The summed E-state index contributed by atoms with van der Waals surface area (Å²) in [4.78, 5) is 23.5. The summed E-state index contributed by atoms with van der Waals surface area (Å²) in [7, 11) is 0. The average molecular weight is 980 g/mol. The van der Waals surface area contributed by atoms with E-state index in [1.807, 2.05) is 0 Å². The van der Waals surface area contributed by atoms with Crippen molar-refractivity contribution < 1.29 is 72.9 Å². The van der Waals surface area contributed by atoms with Gasteiger partial charge >= 0.3 is 18.5 Å². The van der Waals surface area contributed by atoms with Crippen molar-refractivity contribution in [3.63, 3.8) is 0 Å². The Labute approximate surface area is 388 Å². The lowest BCUT2D eigenvalue weighted by atomic mass is 10.0. The number of aliphatic hydroxyl groups is 1. The first-order chi connectivity index (χ1) is 34.0. The maximum Gasteiger partial charge on any atom is 0.433 e. The van der Waals surface area contributed by atoms with Gasteiger partial charge in [0.05, 0.1) is 37.8 Å². The highest BCUT2D eigenvalue weighted by atomic mass is 35.5. The zero-order chi connectivity index (χ0) is 53.6. The Kier molecular flexibility index (Phi) is 13.4. The standard InChI is InChI=1S/C21H17Cl2F3N2O2.C20H15Cl2F3N2O3.CO2.5H2/c1-2-11-8-9-16(27-20(11)21(24,25)26)29-10-13-18(28-30-19(13)12-6-7-12)17-14(22)4-3-5-15(17)23;21-13-2-1-3-14(22)16(13)17-12(18(30-27-17)10-4-5-10)9-29-15-7-6-11(8-28)19(26-15)20(23,24)25;2-1-3;;;;;/h3-5,8-9,12H,2,6-7,10H2,1H3;1-3,6-7,10,28H,4-5,8-9H2;;5*1H/i;;;4*1+1D;1+1. The number of halogens is 10. The maximum atomic E-state index is 13.3. The molecular formula is C42H42Cl4F6N4O7. The number of nitrogens with zero attached hydrogens (tertiary/aromatic N) is 4. The molecule has 0 radical (unpaired) electrons. The molecule has 63 heavy (non-hydrogen) atoms. The Morgan fingerprint density at radius 2 is 1.05 bits per heavy atom. The summed E-state index contributed by atoms with van der Waals surface area (Å²) in [6, 6.07) is 15.3. The molecule has 8 rings (SSSR count). The number of ether oxygens (including phenoxy) is 2. The van der Waals surface area contributed by atoms with E-state index >= 15 is 0 Å². The highest BCUT2D eigenvalue weighted by molar-refractivity contribution is 6.39. The van der Waals surface area contributed by atoms with Crippen LogP contribution < -0.4 is 9.47 Å². The molecule has 0 atom stereocenters. The fourth-order valence-corrected chi connectivity index (χ4v) is 7.55. The largest absolute Gasteiger partial charge is 0.473 e. The van der Waals surface area contributed by atoms with Crippen LogP contribution in [0.1, 0.15) is 103 Å². The molecule has 6 aromatic rings. The lowest BCUT2D eigenvalue weighted by molar-refractivity contribution is -0.191. The minimum Gasteiger partial charge on any atom is -0.473 e. The third-order valence-corrected chi connectivity index (χ3v) is 10.9. The molecule has 2 aromatic carbocycles. The van der Waals surface area contributed by atoms with Gasteiger partial charge in [-0.15, -0.1) is 0 Å². The second-order valence-corrected chi connectivity index (χ2v) is 15.6. The molecule has 2 aliphatic carbocycles. The van der Waals surface area contributed by atoms with E-state index in [4.69, 9.17) is 91.5 Å². The van der Waals surface area contributed by atoms with Crippen LogP contribution in [-0.2, 0) is 48.2 Å². The summed E-state index contributed by atoms with van der Waals surface area (Å²) < 4.78 is 142. The zero-order valence-electron chi connectivity index (χ0n) is 40.6. The molecule has 4 aromatic heterocycles. The number of aryl methyl sites for hydroxylation is 1. The predicted molar refractivity (Wildman–Crippen MR) is 226 cm³/mol. The summed E-state index contributed by atoms with van der Waals surface area (Å²) in [6.07, 6.45) is -5.09. The summed E-state index contributed by atoms with van der Waals surface area (Å²) >= 11 is 25.2. The molecule has 1 N–H and O–H groups in total. The van der Waals surface area contributed by atoms with Crippen LogP contribution in [0.2, 0.25) is 20.1 Å². The van der Waals surface area contributed by atoms with Crippen LogP contribution in [0.15, 0.2) is 69.7 Å². The van der Waals surface area contributed by atoms with Crippen molar-refractivity contribution in [3.05, 3.63) is 126 Å². The number of hydrogen-bond acceptors (Lipinski definition) is 11. The van der Waals surface area contributed by atoms with Gasteiger partial charge in [0.2, 0.25) is 11.8 Å². The van der Waals surface area contributed by atoms with Crippen LogP contribution >= 0.6 is 46.4 Å². The third kappa shape index (κ3) is 11.3. The minimum atomic E-state index is -4.72. The number of hydrogen-bond donors (Lipinski definition) is 1. The molecule has 0 aliphatic heterocycles. The molecule has 342 valence electrons. The minimum absolute atomic E-state index is 0. The van der Waals surface area contributed by atoms with E-state index in [0.717, 1.165) is 31.7 Å². The van der Waals surface area contributed by atoms with E-state index in [1.54, 1.807) is 43.3 Å². The van der Waals surface area contributed by atoms with Gasteiger partial charge in [-0.05, 0) is 68.0 Å². The van der Waals surface area contributed by atoms with Crippen molar-refractivity contribution in [2.75, 3.05) is 0 Å². The topological polar surface area (TPSA) is 151 Å². The van der Waals surface area contributed by atoms with Crippen molar-refractivity contribution in [1.29, 1.82) is 0 Å². The van der Waals surface area contributed by atoms with Gasteiger partial charge in [-0.3, -0.25) is 0 Å². The van der Waals surface area contributed by atoms with Gasteiger partial charge in [0, 0.05) is 54.0 Å². The Morgan fingerprint density at radius 1 is 0.683 bits per heavy atom. The molecule has 4 heterocycles. The third-order valence-electron chi connectivity index (χ3n) is 9.66. The SMILES string of the molecule is CCc1ccc(OCc2c(-c3c(Cl)cccc3Cl)noc2C2CC2)nc1C(F)(F)F.O=C=O.OCc1ccc(OCc2c(-c3c(Cl)cccc3Cl)noc2C2CC2)nc1C(F)(F)F.[2HH].[2H][2H].[2H][2H].[2H][2H].[2H][2H]. The molecule has 2 aliphatic rings. The van der Waals surface area contributed by atoms with Gasteiger partial charge in [0.15, 0.2) is 11.4 Å². The highest BCUT2D eigenvalue weighted by Gasteiger charge is 2.38. The summed E-state index contributed by atoms with van der Waals surface area (Å²) in [5.74, 6) is 1.25. The summed E-state index contributed by atoms with van der Waals surface area (Å²) in [6.45, 7) is 0.664. The van der Waals surface area contributed by atoms with Crippen LogP contribution in [-0.4, -0.2) is 31.5 Å². The Hall–Kier alpha value is -5.16. The van der Waals surface area contributed by atoms with E-state index in [0.29, 0.717) is 65.3 Å². The fourth-order valence-electron chi connectivity index (χ4n) is 6.39. The Morgan fingerprint density at radius 3 is 1.38 bits per heavy atom. The second kappa shape index (κ2) is 20.1. The summed E-state index contributed by atoms with van der Waals surface area (Å²) in [5, 5.41) is 18.9. The van der Waals surface area contributed by atoms with Crippen molar-refractivity contribution in [2.24, 2.45) is 0 Å². The number of rotatable bonds is 12. The maximum absolute atomic E-state index is 13.3. The van der Waals surface area contributed by atoms with Crippen LogP contribution in [0, 0.1) is 0 Å². The molecule has 0 unspecified atom stereocenters. The number of aliphatic hydroxyl groups excluding tert-OH is 1. The first kappa shape index (κ1) is 41.8. The van der Waals surface area contributed by atoms with Crippen molar-refractivity contribution in [1.82, 2.24) is 20.3 Å². The number of carbonyl (C=O) groups excluding carboxylic acids is 2. The number of aromatic nitrogens is 4. The van der Waals surface area contributed by atoms with Crippen LogP contribution in [0.3, 0.4) is 0 Å². The van der Waals surface area contributed by atoms with Gasteiger partial charge < -0.3 is 23.6 Å². The quantitative estimate of drug-likeness (QED) is 0.117. The highest BCUT2D eigenvalue weighted by Crippen LogP contribution is 2.48. The monoisotopic (exact) mass is 977 g/mol. The van der Waals surface area contributed by atoms with Crippen LogP contribution in [0.5, 0.6) is 11.8 Å². The zero-order valence-corrected chi connectivity index (χ0v) is 35.6. The Bertz CT molecular complexity index is 2430. The van der Waals surface area contributed by atoms with Crippen molar-refractivity contribution >= 4 is 52.6 Å². The predicted octanol–water partition coefficient (Wildman–Crippen LogP) is 13.7. The molecule has 2 saturated carbocycles. The second-order valence-electron chi connectivity index (χ2n) is 14.0. The molecule has 21 heteroatoms. The van der Waals surface area contributed by atoms with Gasteiger partial charge in [-0.1, -0.05) is 81.8 Å². The van der Waals surface area contributed by atoms with E-state index < -0.39 is 30.3 Å². The lowest BCUT2D eigenvalue weighted by Gasteiger charge is -2.13. The van der Waals surface area contributed by atoms with Gasteiger partial charge in [-0.2, -0.15) is 35.9 Å². The molecule has 0 amide bonds. The fraction of sp³-hybridized carbons (Fsp3) is 0.310. The molecule has 0 bridgehead atoms. The van der Waals surface area contributed by atoms with Crippen molar-refractivity contribution in [2.45, 2.75) is 83.0 Å². The molecular weight excluding hydrogens is 928 g/mol. The van der Waals surface area contributed by atoms with E-state index in [1.165, 1.54) is 18.2 Å². The van der Waals surface area contributed by atoms with Gasteiger partial charge in [-0.25, -0.2) is 9.97 Å². The van der Waals surface area contributed by atoms with E-state index in [-0.39, 0.29) is 61.9 Å². The lowest BCUT2D eigenvalue weighted by Crippen LogP contribution is -2.13. The average Bonchev–Trinajstić information content (AvgIpc) is 4.31. The smallest absolute Gasteiger partial charge is 0.433 e. The number of pyridine rings is 2. The first-order valence-corrected chi connectivity index (χ1v) is 20.4. The number of benzene rings is 2. The molecule has 2 fully saturated rings. The van der Waals surface area contributed by atoms with Gasteiger partial charge in [0.25, 0.3) is 0 Å². The van der Waals surface area contributed by atoms with Gasteiger partial charge in [0.1, 0.15) is 36.1 Å². The molecule has 0 saturated heterocycles. The first-order valence-electron chi connectivity index (χ1n) is 22.9. The number of alkyl halides is 6. The Balaban J connectivity index is 0.000000597. The van der Waals surface area contributed by atoms with E-state index in [9.17, 15) is 26.3 Å². The normalized spacial score (nSPS) is 14.2. The summed E-state index contributed by atoms with van der Waals surface area (Å²) in [5.41, 5.74) is 0.606. The van der Waals surface area contributed by atoms with E-state index in [2.05, 4.69) is 20.3 Å². The van der Waals surface area contributed by atoms with Crippen LogP contribution in [0.4, 0.5) is 26.3 Å². The molecule has 11 nitrogen and oxygen atoms in total. The van der Waals surface area contributed by atoms with Crippen LogP contribution in [0.25, 0.3) is 22.5 Å². The molecule has 0 spiro atoms.